The van der Waals surface area contributed by atoms with Crippen LogP contribution >= 0.6 is 0 Å². The molecule has 3 aromatic rings. The number of aromatic nitrogens is 2. The van der Waals surface area contributed by atoms with Crippen LogP contribution in [0.25, 0.3) is 22.3 Å². The second kappa shape index (κ2) is 10.7. The molecule has 10 nitrogen and oxygen atoms in total. The molecule has 206 valence electrons. The third-order valence-electron chi connectivity index (χ3n) is 7.15. The molecule has 10 heteroatoms. The van der Waals surface area contributed by atoms with Gasteiger partial charge in [0.15, 0.2) is 11.4 Å². The van der Waals surface area contributed by atoms with E-state index in [0.717, 1.165) is 28.0 Å². The van der Waals surface area contributed by atoms with Gasteiger partial charge in [-0.2, -0.15) is 0 Å². The zero-order valence-electron chi connectivity index (χ0n) is 23.0. The molecule has 1 aliphatic carbocycles. The van der Waals surface area contributed by atoms with Crippen molar-refractivity contribution >= 4 is 22.6 Å². The number of nitrogens with zero attached hydrogens (tertiary/aromatic N) is 2. The third kappa shape index (κ3) is 5.18. The lowest BCUT2D eigenvalue weighted by atomic mass is 10.1. The lowest BCUT2D eigenvalue weighted by molar-refractivity contribution is -0.158. The molecule has 0 radical (unpaired) electrons. The van der Waals surface area contributed by atoms with Gasteiger partial charge in [0.25, 0.3) is 0 Å². The Morgan fingerprint density at radius 3 is 2.66 bits per heavy atom. The van der Waals surface area contributed by atoms with Gasteiger partial charge in [-0.15, -0.1) is 0 Å². The van der Waals surface area contributed by atoms with Crippen molar-refractivity contribution in [3.05, 3.63) is 29.5 Å². The molecule has 2 aliphatic rings. The summed E-state index contributed by atoms with van der Waals surface area (Å²) in [5.41, 5.74) is 3.33. The van der Waals surface area contributed by atoms with Gasteiger partial charge < -0.3 is 39.1 Å². The van der Waals surface area contributed by atoms with E-state index in [0.29, 0.717) is 49.2 Å². The van der Waals surface area contributed by atoms with E-state index in [9.17, 15) is 5.11 Å². The van der Waals surface area contributed by atoms with E-state index in [1.54, 1.807) is 7.11 Å². The molecule has 5 rings (SSSR count). The van der Waals surface area contributed by atoms with Crippen LogP contribution in [0.4, 0.5) is 11.6 Å². The number of furan rings is 1. The number of hydrogen-bond donors (Lipinski definition) is 3. The fourth-order valence-corrected chi connectivity index (χ4v) is 5.56. The molecule has 4 heterocycles. The van der Waals surface area contributed by atoms with Crippen LogP contribution in [0.2, 0.25) is 0 Å². The molecular formula is C28H38N4O6. The van der Waals surface area contributed by atoms with Crippen molar-refractivity contribution in [2.75, 3.05) is 44.1 Å². The topological polar surface area (TPSA) is 120 Å². The van der Waals surface area contributed by atoms with Crippen molar-refractivity contribution in [3.63, 3.8) is 0 Å². The minimum absolute atomic E-state index is 0.0243. The van der Waals surface area contributed by atoms with Crippen LogP contribution in [0, 0.1) is 19.8 Å². The third-order valence-corrected chi connectivity index (χ3v) is 7.15. The van der Waals surface area contributed by atoms with Crippen molar-refractivity contribution in [1.29, 1.82) is 0 Å². The molecule has 1 saturated carbocycles. The Morgan fingerprint density at radius 2 is 1.92 bits per heavy atom. The van der Waals surface area contributed by atoms with E-state index < -0.39 is 5.79 Å². The number of anilines is 2. The van der Waals surface area contributed by atoms with Crippen molar-refractivity contribution in [3.8, 4) is 17.2 Å². The van der Waals surface area contributed by atoms with Gasteiger partial charge in [-0.05, 0) is 58.7 Å². The van der Waals surface area contributed by atoms with Gasteiger partial charge in [0.05, 0.1) is 36.6 Å². The highest BCUT2D eigenvalue weighted by molar-refractivity contribution is 5.88. The van der Waals surface area contributed by atoms with Crippen LogP contribution in [0.3, 0.4) is 0 Å². The highest BCUT2D eigenvalue weighted by Gasteiger charge is 2.54. The molecule has 1 saturated heterocycles. The zero-order valence-corrected chi connectivity index (χ0v) is 23.0. The summed E-state index contributed by atoms with van der Waals surface area (Å²) in [5, 5.41) is 17.9. The van der Waals surface area contributed by atoms with E-state index in [-0.39, 0.29) is 30.8 Å². The minimum atomic E-state index is -0.708. The summed E-state index contributed by atoms with van der Waals surface area (Å²) in [6, 6.07) is 5.81. The van der Waals surface area contributed by atoms with Crippen LogP contribution in [0.5, 0.6) is 5.88 Å². The van der Waals surface area contributed by atoms with Crippen LogP contribution in [0.15, 0.2) is 22.6 Å². The molecule has 4 atom stereocenters. The Balaban J connectivity index is 1.55. The monoisotopic (exact) mass is 526 g/mol. The molecule has 0 aromatic carbocycles. The summed E-state index contributed by atoms with van der Waals surface area (Å²) in [6.07, 6.45) is 0.305. The number of ether oxygens (including phenoxy) is 4. The average Bonchev–Trinajstić information content (AvgIpc) is 3.51. The summed E-state index contributed by atoms with van der Waals surface area (Å²) in [4.78, 5) is 9.48. The van der Waals surface area contributed by atoms with Crippen molar-refractivity contribution in [2.45, 2.75) is 65.1 Å². The summed E-state index contributed by atoms with van der Waals surface area (Å²) in [6.45, 7) is 11.5. The van der Waals surface area contributed by atoms with Gasteiger partial charge in [-0.3, -0.25) is 0 Å². The number of aliphatic hydroxyl groups is 1. The van der Waals surface area contributed by atoms with Gasteiger partial charge in [-0.1, -0.05) is 0 Å². The fraction of sp³-hybridized carbons (Fsp3) is 0.571. The maximum atomic E-state index is 10.0. The van der Waals surface area contributed by atoms with E-state index >= 15 is 0 Å². The van der Waals surface area contributed by atoms with Gasteiger partial charge in [-0.25, -0.2) is 9.97 Å². The number of pyridine rings is 2. The van der Waals surface area contributed by atoms with Crippen molar-refractivity contribution in [2.24, 2.45) is 5.92 Å². The number of nitrogens with one attached hydrogen (secondary N) is 2. The molecule has 0 bridgehead atoms. The lowest BCUT2D eigenvalue weighted by Gasteiger charge is -2.25. The predicted molar refractivity (Wildman–Crippen MR) is 145 cm³/mol. The second-order valence-corrected chi connectivity index (χ2v) is 10.5. The lowest BCUT2D eigenvalue weighted by Crippen LogP contribution is -2.35. The second-order valence-electron chi connectivity index (χ2n) is 10.5. The highest BCUT2D eigenvalue weighted by atomic mass is 16.8. The Bertz CT molecular complexity index is 1290. The Kier molecular flexibility index (Phi) is 7.50. The standard InChI is InChI=1S/C28H38N4O6/c1-7-35-22-13-17-12-20(36-24(17)16(3)30-22)23-15(2)10-21(29-8-9-34-6)32-27(23)31-19-11-18(14-33)25-26(19)38-28(4,5)37-25/h10,12-13,18-19,25-26,33H,7-9,11,14H2,1-6H3,(H2,29,31,32)/t18?,19?,25-,26+/m1/s1. The van der Waals surface area contributed by atoms with Crippen LogP contribution in [-0.4, -0.2) is 72.6 Å². The van der Waals surface area contributed by atoms with Gasteiger partial charge in [0, 0.05) is 37.6 Å². The number of fused-ring (bicyclic) bond motifs is 2. The molecule has 3 aromatic heterocycles. The zero-order chi connectivity index (χ0) is 27.0. The quantitative estimate of drug-likeness (QED) is 0.330. The Morgan fingerprint density at radius 1 is 1.13 bits per heavy atom. The smallest absolute Gasteiger partial charge is 0.214 e. The summed E-state index contributed by atoms with van der Waals surface area (Å²) < 4.78 is 29.6. The van der Waals surface area contributed by atoms with Crippen LogP contribution in [-0.2, 0) is 14.2 Å². The molecule has 0 spiro atoms. The van der Waals surface area contributed by atoms with E-state index in [4.69, 9.17) is 28.3 Å². The molecule has 3 N–H and O–H groups in total. The van der Waals surface area contributed by atoms with E-state index in [1.165, 1.54) is 0 Å². The summed E-state index contributed by atoms with van der Waals surface area (Å²) >= 11 is 0. The SMILES string of the molecule is CCOc1cc2cc(-c3c(C)cc(NCCOC)nc3NC3CC(CO)[C@H]4OC(C)(C)O[C@@H]34)oc2c(C)n1. The van der Waals surface area contributed by atoms with Crippen molar-refractivity contribution in [1.82, 2.24) is 9.97 Å². The van der Waals surface area contributed by atoms with Crippen molar-refractivity contribution < 1.29 is 28.5 Å². The Labute approximate surface area is 223 Å². The van der Waals surface area contributed by atoms with Gasteiger partial charge >= 0.3 is 0 Å². The average molecular weight is 527 g/mol. The van der Waals surface area contributed by atoms with Crippen LogP contribution < -0.4 is 15.4 Å². The van der Waals surface area contributed by atoms with E-state index in [1.807, 2.05) is 52.8 Å². The minimum Gasteiger partial charge on any atom is -0.478 e. The first kappa shape index (κ1) is 26.7. The van der Waals surface area contributed by atoms with Crippen LogP contribution in [0.1, 0.15) is 38.4 Å². The normalized spacial score (nSPS) is 24.1. The number of methoxy groups -OCH3 is 1. The Hall–Kier alpha value is -2.92. The summed E-state index contributed by atoms with van der Waals surface area (Å²) in [5.74, 6) is 1.94. The number of hydrogen-bond acceptors (Lipinski definition) is 10. The molecule has 1 aliphatic heterocycles. The maximum absolute atomic E-state index is 10.0. The summed E-state index contributed by atoms with van der Waals surface area (Å²) in [7, 11) is 1.67. The first-order valence-electron chi connectivity index (χ1n) is 13.2. The number of rotatable bonds is 10. The van der Waals surface area contributed by atoms with Gasteiger partial charge in [0.2, 0.25) is 5.88 Å². The highest BCUT2D eigenvalue weighted by Crippen LogP contribution is 2.44. The first-order chi connectivity index (χ1) is 18.2. The molecule has 2 unspecified atom stereocenters. The predicted octanol–water partition coefficient (Wildman–Crippen LogP) is 4.28. The maximum Gasteiger partial charge on any atom is 0.214 e. The molecule has 0 amide bonds. The number of aliphatic hydroxyl groups excluding tert-OH is 1. The molecule has 2 fully saturated rings. The molecule has 38 heavy (non-hydrogen) atoms. The molecular weight excluding hydrogens is 488 g/mol. The fourth-order valence-electron chi connectivity index (χ4n) is 5.56. The van der Waals surface area contributed by atoms with E-state index in [2.05, 4.69) is 15.6 Å². The first-order valence-corrected chi connectivity index (χ1v) is 13.2. The number of aryl methyl sites for hydroxylation is 2. The van der Waals surface area contributed by atoms with Gasteiger partial charge in [0.1, 0.15) is 23.5 Å². The largest absolute Gasteiger partial charge is 0.478 e.